The van der Waals surface area contributed by atoms with E-state index in [1.807, 2.05) is 11.9 Å². The summed E-state index contributed by atoms with van der Waals surface area (Å²) in [4.78, 5) is 33.7. The van der Waals surface area contributed by atoms with Gasteiger partial charge in [0.05, 0.1) is 13.1 Å². The van der Waals surface area contributed by atoms with Crippen LogP contribution in [0.25, 0.3) is 0 Å². The van der Waals surface area contributed by atoms with Gasteiger partial charge < -0.3 is 9.84 Å². The van der Waals surface area contributed by atoms with Gasteiger partial charge in [0.15, 0.2) is 5.82 Å². The number of hydrogen-bond acceptors (Lipinski definition) is 7. The van der Waals surface area contributed by atoms with Gasteiger partial charge in [0, 0.05) is 32.6 Å². The van der Waals surface area contributed by atoms with Crippen LogP contribution in [0.1, 0.15) is 24.6 Å². The SMILES string of the molecule is Cc1nc(CN2CCCC(N(C)CC(=O)N3CCNC3=O)C2)no1. The molecule has 2 fully saturated rings. The van der Waals surface area contributed by atoms with Gasteiger partial charge in [-0.25, -0.2) is 4.79 Å². The summed E-state index contributed by atoms with van der Waals surface area (Å²) in [5.41, 5.74) is 0. The van der Waals surface area contributed by atoms with Gasteiger partial charge in [-0.2, -0.15) is 4.98 Å². The molecule has 3 heterocycles. The lowest BCUT2D eigenvalue weighted by molar-refractivity contribution is -0.129. The highest BCUT2D eigenvalue weighted by atomic mass is 16.5. The molecule has 1 aromatic rings. The Morgan fingerprint density at radius 1 is 1.46 bits per heavy atom. The second kappa shape index (κ2) is 7.27. The summed E-state index contributed by atoms with van der Waals surface area (Å²) < 4.78 is 5.01. The number of likely N-dealkylation sites (N-methyl/N-ethyl adjacent to an activating group) is 1. The molecule has 0 saturated carbocycles. The molecule has 9 nitrogen and oxygen atoms in total. The summed E-state index contributed by atoms with van der Waals surface area (Å²) in [5.74, 6) is 1.13. The van der Waals surface area contributed by atoms with E-state index in [-0.39, 0.29) is 24.5 Å². The lowest BCUT2D eigenvalue weighted by Gasteiger charge is -2.37. The van der Waals surface area contributed by atoms with Gasteiger partial charge in [0.1, 0.15) is 0 Å². The Morgan fingerprint density at radius 3 is 2.96 bits per heavy atom. The molecule has 1 unspecified atom stereocenters. The molecule has 0 spiro atoms. The first-order chi connectivity index (χ1) is 11.5. The summed E-state index contributed by atoms with van der Waals surface area (Å²) in [6.07, 6.45) is 2.10. The topological polar surface area (TPSA) is 94.8 Å². The number of aryl methyl sites for hydroxylation is 1. The van der Waals surface area contributed by atoms with E-state index in [4.69, 9.17) is 4.52 Å². The van der Waals surface area contributed by atoms with Gasteiger partial charge >= 0.3 is 6.03 Å². The number of carbonyl (C=O) groups excluding carboxylic acids is 2. The monoisotopic (exact) mass is 336 g/mol. The normalized spacial score (nSPS) is 22.2. The quantitative estimate of drug-likeness (QED) is 0.797. The highest BCUT2D eigenvalue weighted by molar-refractivity contribution is 5.96. The van der Waals surface area contributed by atoms with Crippen molar-refractivity contribution in [3.8, 4) is 0 Å². The van der Waals surface area contributed by atoms with Crippen LogP contribution in [0.4, 0.5) is 4.79 Å². The van der Waals surface area contributed by atoms with Crippen molar-refractivity contribution in [3.63, 3.8) is 0 Å². The number of nitrogens with zero attached hydrogens (tertiary/aromatic N) is 5. The van der Waals surface area contributed by atoms with Crippen molar-refractivity contribution < 1.29 is 14.1 Å². The lowest BCUT2D eigenvalue weighted by atomic mass is 10.0. The average Bonchev–Trinajstić information content (AvgIpc) is 3.16. The maximum Gasteiger partial charge on any atom is 0.324 e. The van der Waals surface area contributed by atoms with Gasteiger partial charge in [-0.3, -0.25) is 19.5 Å². The Labute approximate surface area is 141 Å². The molecule has 3 amide bonds. The zero-order valence-electron chi connectivity index (χ0n) is 14.2. The maximum absolute atomic E-state index is 12.3. The molecule has 2 aliphatic rings. The molecular weight excluding hydrogens is 312 g/mol. The van der Waals surface area contributed by atoms with Gasteiger partial charge in [0.25, 0.3) is 0 Å². The molecule has 9 heteroatoms. The molecule has 0 radical (unpaired) electrons. The van der Waals surface area contributed by atoms with E-state index >= 15 is 0 Å². The van der Waals surface area contributed by atoms with Gasteiger partial charge in [0.2, 0.25) is 11.8 Å². The average molecular weight is 336 g/mol. The predicted octanol–water partition coefficient (Wildman–Crippen LogP) is -0.174. The third-order valence-corrected chi connectivity index (χ3v) is 4.58. The van der Waals surface area contributed by atoms with Crippen LogP contribution in [0, 0.1) is 6.92 Å². The molecule has 1 N–H and O–H groups in total. The number of piperidine rings is 1. The molecule has 2 aliphatic heterocycles. The molecule has 132 valence electrons. The second-order valence-electron chi connectivity index (χ2n) is 6.45. The summed E-state index contributed by atoms with van der Waals surface area (Å²) in [7, 11) is 1.94. The van der Waals surface area contributed by atoms with E-state index in [1.54, 1.807) is 6.92 Å². The number of hydrogen-bond donors (Lipinski definition) is 1. The van der Waals surface area contributed by atoms with Crippen molar-refractivity contribution in [2.45, 2.75) is 32.4 Å². The summed E-state index contributed by atoms with van der Waals surface area (Å²) in [5, 5.41) is 6.60. The lowest BCUT2D eigenvalue weighted by Crippen LogP contribution is -2.50. The number of amides is 3. The molecule has 0 aromatic carbocycles. The molecule has 1 atom stereocenters. The first-order valence-corrected chi connectivity index (χ1v) is 8.33. The number of imide groups is 1. The summed E-state index contributed by atoms with van der Waals surface area (Å²) in [6, 6.07) is -0.00694. The van der Waals surface area contributed by atoms with Gasteiger partial charge in [-0.15, -0.1) is 0 Å². The molecule has 1 aromatic heterocycles. The Balaban J connectivity index is 1.51. The van der Waals surface area contributed by atoms with Crippen LogP contribution in [0.5, 0.6) is 0 Å². The van der Waals surface area contributed by atoms with Crippen molar-refractivity contribution in [1.82, 2.24) is 30.2 Å². The molecule has 2 saturated heterocycles. The van der Waals surface area contributed by atoms with Crippen LogP contribution in [0.2, 0.25) is 0 Å². The minimum atomic E-state index is -0.286. The first-order valence-electron chi connectivity index (χ1n) is 8.33. The number of nitrogens with one attached hydrogen (secondary N) is 1. The van der Waals surface area contributed by atoms with Crippen LogP contribution in [0.3, 0.4) is 0 Å². The first kappa shape index (κ1) is 16.8. The number of rotatable bonds is 5. The van der Waals surface area contributed by atoms with E-state index in [1.165, 1.54) is 4.90 Å². The van der Waals surface area contributed by atoms with Crippen molar-refractivity contribution in [2.75, 3.05) is 39.8 Å². The van der Waals surface area contributed by atoms with Crippen molar-refractivity contribution >= 4 is 11.9 Å². The van der Waals surface area contributed by atoms with E-state index in [0.29, 0.717) is 31.3 Å². The van der Waals surface area contributed by atoms with Crippen LogP contribution < -0.4 is 5.32 Å². The standard InChI is InChI=1S/C15H24N6O3/c1-11-17-13(18-24-11)9-20-6-3-4-12(8-20)19(2)10-14(22)21-7-5-16-15(21)23/h12H,3-10H2,1-2H3,(H,16,23). The zero-order valence-corrected chi connectivity index (χ0v) is 14.2. The van der Waals surface area contributed by atoms with Crippen LogP contribution in [0.15, 0.2) is 4.52 Å². The number of likely N-dealkylation sites (tertiary alicyclic amines) is 1. The van der Waals surface area contributed by atoms with Crippen molar-refractivity contribution in [2.24, 2.45) is 0 Å². The van der Waals surface area contributed by atoms with E-state index in [2.05, 4.69) is 20.4 Å². The van der Waals surface area contributed by atoms with Crippen LogP contribution in [-0.2, 0) is 11.3 Å². The molecule has 0 aliphatic carbocycles. The van der Waals surface area contributed by atoms with Crippen molar-refractivity contribution in [3.05, 3.63) is 11.7 Å². The van der Waals surface area contributed by atoms with Crippen LogP contribution >= 0.6 is 0 Å². The fourth-order valence-electron chi connectivity index (χ4n) is 3.28. The van der Waals surface area contributed by atoms with Gasteiger partial charge in [-0.05, 0) is 26.4 Å². The molecule has 0 bridgehead atoms. The second-order valence-corrected chi connectivity index (χ2v) is 6.45. The van der Waals surface area contributed by atoms with E-state index in [0.717, 1.165) is 25.9 Å². The zero-order chi connectivity index (χ0) is 17.1. The highest BCUT2D eigenvalue weighted by Gasteiger charge is 2.30. The number of urea groups is 1. The van der Waals surface area contributed by atoms with E-state index in [9.17, 15) is 9.59 Å². The van der Waals surface area contributed by atoms with Crippen molar-refractivity contribution in [1.29, 1.82) is 0 Å². The Morgan fingerprint density at radius 2 is 2.29 bits per heavy atom. The highest BCUT2D eigenvalue weighted by Crippen LogP contribution is 2.17. The molecular formula is C15H24N6O3. The minimum Gasteiger partial charge on any atom is -0.340 e. The minimum absolute atomic E-state index is 0.140. The maximum atomic E-state index is 12.3. The summed E-state index contributed by atoms with van der Waals surface area (Å²) >= 11 is 0. The Bertz CT molecular complexity index is 604. The molecule has 3 rings (SSSR count). The Kier molecular flexibility index (Phi) is 5.10. The van der Waals surface area contributed by atoms with Crippen LogP contribution in [-0.4, -0.2) is 82.6 Å². The fourth-order valence-corrected chi connectivity index (χ4v) is 3.28. The van der Waals surface area contributed by atoms with Gasteiger partial charge in [-0.1, -0.05) is 5.16 Å². The third-order valence-electron chi connectivity index (χ3n) is 4.58. The van der Waals surface area contributed by atoms with E-state index < -0.39 is 0 Å². The largest absolute Gasteiger partial charge is 0.340 e. The summed E-state index contributed by atoms with van der Waals surface area (Å²) in [6.45, 7) is 5.53. The number of carbonyl (C=O) groups is 2. The third kappa shape index (κ3) is 3.90. The fraction of sp³-hybridized carbons (Fsp3) is 0.733. The smallest absolute Gasteiger partial charge is 0.324 e. The molecule has 24 heavy (non-hydrogen) atoms. The Hall–Kier alpha value is -2.00. The predicted molar refractivity (Wildman–Crippen MR) is 85.1 cm³/mol. The number of aromatic nitrogens is 2.